The average Bonchev–Trinajstić information content (AvgIpc) is 1.62. The molecular weight excluding hydrogens is 2120 g/mol. The number of ether oxygens (including phenoxy) is 5. The van der Waals surface area contributed by atoms with Gasteiger partial charge < -0.3 is 87.2 Å². The van der Waals surface area contributed by atoms with Gasteiger partial charge in [-0.2, -0.15) is 9.68 Å². The number of hydrogen-bond acceptors (Lipinski definition) is 30. The SMILES string of the molecule is CC(C)(C)OC(=O)N1CCCC[C@@H](N)C1.Cc1cc(Cl)c(Cl)c([N+](=O)[O-])c1.Cc1cc(Cl)c(N)c([N+](=O)[O-])c1.Cc1cc(Cl)c(N[C@@H]2CCCCN(C(=O)OC(C)(C)C)C2)c([N+](=O)[O-])c1.Cc1cc(Cl)c2c(c1)nc(N)n2[C@@H]1CCCCN(C(=O)OC(C)(C)C)C1.Cc1cc(N)c(N[C@@H]2CCCCN(C(=O)OC(C)(C)C)C2)c(Cl)c1.Cc1cc(OC=O)ccn1.Cc1ccc(N)c([N+](=O)[O-])c1.N#CBr.O=C1CCC(=O)N1Cl. The van der Waals surface area contributed by atoms with E-state index in [0.717, 1.165) is 139 Å². The summed E-state index contributed by atoms with van der Waals surface area (Å²) in [6.45, 7) is 40.5. The third-order valence-electron chi connectivity index (χ3n) is 21.2. The number of nitriles is 1. The summed E-state index contributed by atoms with van der Waals surface area (Å²) in [7, 11) is 0. The number of nitrogens with one attached hydrogen (secondary N) is 2. The van der Waals surface area contributed by atoms with Crippen molar-refractivity contribution in [3.63, 3.8) is 0 Å². The van der Waals surface area contributed by atoms with Gasteiger partial charge in [0.25, 0.3) is 29.2 Å². The zero-order valence-electron chi connectivity index (χ0n) is 86.1. The van der Waals surface area contributed by atoms with Crippen LogP contribution in [0.2, 0.25) is 30.1 Å². The van der Waals surface area contributed by atoms with Crippen LogP contribution >= 0.6 is 97.3 Å². The monoisotopic (exact) mass is 2250 g/mol. The molecule has 6 amide bonds. The van der Waals surface area contributed by atoms with Crippen LogP contribution in [0, 0.1) is 99.2 Å². The first-order chi connectivity index (χ1) is 68.4. The first kappa shape index (κ1) is 127. The predicted molar refractivity (Wildman–Crippen MR) is 580 cm³/mol. The van der Waals surface area contributed by atoms with Crippen molar-refractivity contribution in [2.75, 3.05) is 85.9 Å². The number of likely N-dealkylation sites (tertiary alicyclic amines) is 4. The van der Waals surface area contributed by atoms with Gasteiger partial charge >= 0.3 is 24.4 Å². The fourth-order valence-corrected chi connectivity index (χ4v) is 16.7. The van der Waals surface area contributed by atoms with Crippen molar-refractivity contribution in [2.45, 2.75) is 268 Å². The molecule has 12 N–H and O–H groups in total. The number of aromatic nitrogens is 3. The number of imidazole rings is 1. The molecule has 5 aliphatic rings. The summed E-state index contributed by atoms with van der Waals surface area (Å²) in [5.41, 5.74) is 36.0. The number of amides is 6. The van der Waals surface area contributed by atoms with Gasteiger partial charge in [-0.3, -0.25) is 59.8 Å². The van der Waals surface area contributed by atoms with Gasteiger partial charge in [-0.25, -0.2) is 24.2 Å². The second-order valence-corrected chi connectivity index (χ2v) is 42.0. The second-order valence-electron chi connectivity index (χ2n) is 38.9. The normalized spacial score (nSPS) is 16.1. The number of pyridine rings is 1. The molecule has 0 aliphatic carbocycles. The maximum Gasteiger partial charge on any atom is 0.410 e. The van der Waals surface area contributed by atoms with Gasteiger partial charge in [0.1, 0.15) is 55.2 Å². The van der Waals surface area contributed by atoms with Crippen molar-refractivity contribution in [1.82, 2.24) is 38.6 Å². The Hall–Kier alpha value is -12.0. The van der Waals surface area contributed by atoms with Crippen molar-refractivity contribution < 1.29 is 76.9 Å². The average molecular weight is 2250 g/mol. The standard InChI is InChI=1S/C19H27ClN4O2.C18H26ClN3O4.C18H28ClN3O2.C11H22N2O2.C7H5Cl2NO2.C7H7ClN2O2.C7H8N2O2.C7H7NO2.C4H4ClNO2.CBrN/c1-12-9-14(20)16-15(10-12)22-17(21)24(16)13-7-5-6-8-23(11-13)18(25)26-19(2,3)4;1-12-9-14(19)16(15(10-12)22(24)25)20-13-7-5-6-8-21(11-13)17(23)26-18(2,3)4;1-12-9-14(19)16(15(20)10-12)21-13-7-5-6-8-22(11-13)17(23)24-18(2,3)4;1-11(2,3)15-10(14)13-7-5-4-6-9(12)8-13;2*1-4-2-5(8)7(9)6(3-4)10(11)12;1-5-2-3-6(8)7(4-5)9(10)11;1-6-4-7(10-5-9)2-3-8-6;5-6-3(7)1-2-4(6)8;2-1-3/h9-10,13H,5-8,11H2,1-4H3,(H2,21,22);9-10,13,20H,5-8,11H2,1-4H3;9-10,13,21H,5-8,11,20H2,1-4H3;9H,4-8,12H2,1-3H3;2-3H,1H3;2-3H,9H2,1H3;2-4H,8H2,1H3;2-5H,1H3;1-2H2;/t3*13-;9-;;;;;;/m1111....../s1. The van der Waals surface area contributed by atoms with Crippen molar-refractivity contribution in [2.24, 2.45) is 5.73 Å². The third-order valence-corrected chi connectivity index (χ3v) is 23.5. The highest BCUT2D eigenvalue weighted by molar-refractivity contribution is 9.12. The molecule has 806 valence electrons. The Kier molecular flexibility index (Phi) is 51.8. The summed E-state index contributed by atoms with van der Waals surface area (Å²) in [4.78, 5) is 137. The lowest BCUT2D eigenvalue weighted by atomic mass is 10.1. The number of aryl methyl sites for hydroxylation is 7. The van der Waals surface area contributed by atoms with Crippen LogP contribution in [0.1, 0.15) is 218 Å². The maximum atomic E-state index is 12.6. The number of nitrogens with two attached hydrogens (primary N) is 5. The summed E-state index contributed by atoms with van der Waals surface area (Å²) >= 11 is 43.5. The second kappa shape index (κ2) is 59.8. The number of anilines is 6. The maximum absolute atomic E-state index is 12.6. The van der Waals surface area contributed by atoms with Gasteiger partial charge in [0.15, 0.2) is 0 Å². The highest BCUT2D eigenvalue weighted by atomic mass is 79.9. The van der Waals surface area contributed by atoms with Crippen LogP contribution in [-0.4, -0.2) is 194 Å². The molecule has 5 aliphatic heterocycles. The summed E-state index contributed by atoms with van der Waals surface area (Å²) in [6, 6.07) is 25.0. The van der Waals surface area contributed by atoms with E-state index in [1.807, 2.05) is 133 Å². The molecule has 0 bridgehead atoms. The number of nitrogens with zero attached hydrogens (tertiary/aromatic N) is 13. The minimum atomic E-state index is -0.564. The molecule has 0 spiro atoms. The summed E-state index contributed by atoms with van der Waals surface area (Å²) < 4.78 is 29.0. The molecule has 147 heavy (non-hydrogen) atoms. The van der Waals surface area contributed by atoms with Gasteiger partial charge in [-0.1, -0.05) is 82.1 Å². The van der Waals surface area contributed by atoms with Crippen molar-refractivity contribution in [3.05, 3.63) is 207 Å². The number of imide groups is 1. The van der Waals surface area contributed by atoms with Crippen LogP contribution in [0.3, 0.4) is 0 Å². The number of halogens is 8. The molecule has 6 aromatic carbocycles. The van der Waals surface area contributed by atoms with E-state index in [9.17, 15) is 74.0 Å². The molecule has 7 heterocycles. The highest BCUT2D eigenvalue weighted by Gasteiger charge is 2.35. The fourth-order valence-electron chi connectivity index (χ4n) is 14.8. The van der Waals surface area contributed by atoms with Crippen LogP contribution in [0.4, 0.5) is 76.3 Å². The Morgan fingerprint density at radius 1 is 0.476 bits per heavy atom. The number of carbonyl (C=O) groups is 7. The fraction of sp³-hybridized carbons (Fsp3) is 0.495. The molecule has 5 saturated heterocycles. The molecule has 40 nitrogen and oxygen atoms in total. The summed E-state index contributed by atoms with van der Waals surface area (Å²) in [5.74, 6) is 0.374. The Morgan fingerprint density at radius 2 is 0.857 bits per heavy atom. The number of nitrogen functional groups attached to an aromatic ring is 4. The quantitative estimate of drug-likeness (QED) is 0.0120. The number of nitro benzene ring substituents is 4. The van der Waals surface area contributed by atoms with Gasteiger partial charge in [-0.05, 0) is 290 Å². The molecule has 0 saturated carbocycles. The lowest BCUT2D eigenvalue weighted by Gasteiger charge is -2.29. The lowest BCUT2D eigenvalue weighted by Crippen LogP contribution is -2.42. The van der Waals surface area contributed by atoms with E-state index >= 15 is 0 Å². The zero-order valence-corrected chi connectivity index (χ0v) is 92.9. The van der Waals surface area contributed by atoms with E-state index in [1.54, 1.807) is 94.9 Å². The van der Waals surface area contributed by atoms with Crippen LogP contribution in [0.5, 0.6) is 5.75 Å². The Bertz CT molecular complexity index is 5810. The first-order valence-corrected chi connectivity index (χ1v) is 50.3. The third kappa shape index (κ3) is 45.3. The van der Waals surface area contributed by atoms with E-state index in [0.29, 0.717) is 94.8 Å². The predicted octanol–water partition coefficient (Wildman–Crippen LogP) is 24.4. The number of hydrogen-bond donors (Lipinski definition) is 7. The highest BCUT2D eigenvalue weighted by Crippen LogP contribution is 2.40. The number of fused-ring (bicyclic) bond motifs is 1. The molecule has 0 unspecified atom stereocenters. The zero-order chi connectivity index (χ0) is 111. The molecule has 48 heteroatoms. The molecule has 8 aromatic rings. The van der Waals surface area contributed by atoms with E-state index in [-0.39, 0.29) is 122 Å². The van der Waals surface area contributed by atoms with Gasteiger partial charge in [0, 0.05) is 153 Å². The minimum absolute atomic E-state index is 0.00716. The topological polar surface area (TPSA) is 563 Å². The van der Waals surface area contributed by atoms with E-state index in [2.05, 4.69) is 41.3 Å². The largest absolute Gasteiger partial charge is 0.444 e. The number of carbonyl (C=O) groups excluding carboxylic acids is 7. The van der Waals surface area contributed by atoms with Gasteiger partial charge in [0.2, 0.25) is 17.8 Å². The molecule has 13 rings (SSSR count). The van der Waals surface area contributed by atoms with Crippen LogP contribution in [0.25, 0.3) is 11.0 Å². The van der Waals surface area contributed by atoms with E-state index < -0.39 is 42.1 Å². The Morgan fingerprint density at radius 3 is 1.28 bits per heavy atom. The lowest BCUT2D eigenvalue weighted by molar-refractivity contribution is -0.384. The molecule has 5 fully saturated rings. The van der Waals surface area contributed by atoms with Crippen LogP contribution < -0.4 is 44.0 Å². The number of rotatable bonds is 11. The summed E-state index contributed by atoms with van der Waals surface area (Å²) in [5, 5.41) is 58.3. The molecule has 0 radical (unpaired) electrons. The van der Waals surface area contributed by atoms with Crippen LogP contribution in [-0.2, 0) is 33.3 Å². The van der Waals surface area contributed by atoms with E-state index in [4.69, 9.17) is 134 Å². The number of nitro groups is 4. The van der Waals surface area contributed by atoms with Crippen LogP contribution in [0.15, 0.2) is 97.2 Å². The van der Waals surface area contributed by atoms with E-state index in [1.165, 1.54) is 30.3 Å². The van der Waals surface area contributed by atoms with Gasteiger partial charge in [0.05, 0.1) is 73.3 Å². The first-order valence-electron chi connectivity index (χ1n) is 46.9. The molecular formula is C99H134BrCl7N20O20. The Balaban J connectivity index is 0.000000352. The molecule has 2 aromatic heterocycles. The van der Waals surface area contributed by atoms with Crippen molar-refractivity contribution in [1.29, 1.82) is 5.26 Å². The Labute approximate surface area is 900 Å². The van der Waals surface area contributed by atoms with Crippen molar-refractivity contribution in [3.8, 4) is 10.7 Å². The minimum Gasteiger partial charge on any atom is -0.444 e. The molecule has 4 atom stereocenters. The number of benzene rings is 6. The summed E-state index contributed by atoms with van der Waals surface area (Å²) in [6.07, 6.45) is 12.5. The van der Waals surface area contributed by atoms with Crippen molar-refractivity contribution >= 4 is 208 Å². The van der Waals surface area contributed by atoms with Gasteiger partial charge in [-0.15, -0.1) is 0 Å². The smallest absolute Gasteiger partial charge is 0.410 e.